The highest BCUT2D eigenvalue weighted by Crippen LogP contribution is 1.99. The summed E-state index contributed by atoms with van der Waals surface area (Å²) in [5, 5.41) is 5.66. The summed E-state index contributed by atoms with van der Waals surface area (Å²) in [5.41, 5.74) is 2.11. The number of ether oxygens (including phenoxy) is 1. The van der Waals surface area contributed by atoms with E-state index >= 15 is 0 Å². The maximum atomic E-state index is 11.6. The van der Waals surface area contributed by atoms with Gasteiger partial charge in [0.25, 0.3) is 0 Å². The minimum atomic E-state index is -0.170. The second kappa shape index (κ2) is 7.74. The van der Waals surface area contributed by atoms with E-state index in [2.05, 4.69) is 15.6 Å². The molecule has 1 rings (SSSR count). The molecule has 5 heteroatoms. The van der Waals surface area contributed by atoms with Crippen molar-refractivity contribution in [3.05, 3.63) is 29.6 Å². The summed E-state index contributed by atoms with van der Waals surface area (Å²) in [4.78, 5) is 15.8. The molecule has 0 aliphatic carbocycles. The van der Waals surface area contributed by atoms with Gasteiger partial charge >= 0.3 is 6.03 Å². The summed E-state index contributed by atoms with van der Waals surface area (Å²) < 4.78 is 5.15. The molecule has 1 heterocycles. The molecule has 1 aromatic heterocycles. The number of carbonyl (C=O) groups excluding carboxylic acids is 1. The Balaban J connectivity index is 2.25. The van der Waals surface area contributed by atoms with E-state index in [9.17, 15) is 4.79 Å². The normalized spacial score (nSPS) is 13.7. The predicted molar refractivity (Wildman–Crippen MR) is 75.1 cm³/mol. The van der Waals surface area contributed by atoms with Crippen molar-refractivity contribution in [2.24, 2.45) is 0 Å². The Morgan fingerprint density at radius 2 is 2.16 bits per heavy atom. The Bertz CT molecular complexity index is 392. The molecule has 0 aliphatic heterocycles. The fourth-order valence-electron chi connectivity index (χ4n) is 1.55. The van der Waals surface area contributed by atoms with Gasteiger partial charge in [-0.2, -0.15) is 0 Å². The molecule has 1 aromatic rings. The van der Waals surface area contributed by atoms with E-state index in [0.29, 0.717) is 6.54 Å². The van der Waals surface area contributed by atoms with Crippen molar-refractivity contribution >= 4 is 6.03 Å². The number of amides is 2. The van der Waals surface area contributed by atoms with Gasteiger partial charge in [-0.3, -0.25) is 4.98 Å². The third-order valence-electron chi connectivity index (χ3n) is 3.11. The molecule has 0 spiro atoms. The zero-order valence-corrected chi connectivity index (χ0v) is 12.1. The van der Waals surface area contributed by atoms with Crippen LogP contribution in [0.25, 0.3) is 0 Å². The van der Waals surface area contributed by atoms with E-state index in [1.54, 1.807) is 7.11 Å². The van der Waals surface area contributed by atoms with Crippen LogP contribution in [0.2, 0.25) is 0 Å². The smallest absolute Gasteiger partial charge is 0.315 e. The van der Waals surface area contributed by atoms with Crippen LogP contribution in [0, 0.1) is 6.92 Å². The number of hydrogen-bond acceptors (Lipinski definition) is 3. The first-order valence-corrected chi connectivity index (χ1v) is 6.51. The summed E-state index contributed by atoms with van der Waals surface area (Å²) in [7, 11) is 1.63. The topological polar surface area (TPSA) is 63.2 Å². The fraction of sp³-hybridized carbons (Fsp3) is 0.571. The molecule has 0 bridgehead atoms. The quantitative estimate of drug-likeness (QED) is 0.822. The van der Waals surface area contributed by atoms with Gasteiger partial charge in [-0.25, -0.2) is 4.79 Å². The minimum Gasteiger partial charge on any atom is -0.380 e. The van der Waals surface area contributed by atoms with Crippen LogP contribution in [-0.2, 0) is 11.2 Å². The molecule has 2 amide bonds. The van der Waals surface area contributed by atoms with Gasteiger partial charge in [0.2, 0.25) is 0 Å². The first kappa shape index (κ1) is 15.4. The molecule has 106 valence electrons. The van der Waals surface area contributed by atoms with Crippen molar-refractivity contribution in [2.75, 3.05) is 13.7 Å². The van der Waals surface area contributed by atoms with Gasteiger partial charge in [0.1, 0.15) is 0 Å². The molecule has 19 heavy (non-hydrogen) atoms. The number of methoxy groups -OCH3 is 1. The highest BCUT2D eigenvalue weighted by atomic mass is 16.5. The summed E-state index contributed by atoms with van der Waals surface area (Å²) >= 11 is 0. The Kier molecular flexibility index (Phi) is 6.29. The number of rotatable bonds is 6. The number of nitrogens with zero attached hydrogens (tertiary/aromatic N) is 1. The first-order valence-electron chi connectivity index (χ1n) is 6.51. The second-order valence-corrected chi connectivity index (χ2v) is 4.69. The van der Waals surface area contributed by atoms with Crippen LogP contribution < -0.4 is 10.6 Å². The molecule has 0 saturated carbocycles. The number of aryl methyl sites for hydroxylation is 1. The van der Waals surface area contributed by atoms with Gasteiger partial charge in [-0.05, 0) is 38.8 Å². The molecule has 2 N–H and O–H groups in total. The molecule has 0 saturated heterocycles. The fourth-order valence-corrected chi connectivity index (χ4v) is 1.55. The lowest BCUT2D eigenvalue weighted by molar-refractivity contribution is 0.0912. The maximum absolute atomic E-state index is 11.6. The van der Waals surface area contributed by atoms with Crippen molar-refractivity contribution in [3.8, 4) is 0 Å². The third-order valence-corrected chi connectivity index (χ3v) is 3.11. The summed E-state index contributed by atoms with van der Waals surface area (Å²) in [6, 6.07) is 3.80. The van der Waals surface area contributed by atoms with Gasteiger partial charge in [-0.1, -0.05) is 6.07 Å². The van der Waals surface area contributed by atoms with Gasteiger partial charge in [0, 0.05) is 25.5 Å². The second-order valence-electron chi connectivity index (χ2n) is 4.69. The SMILES string of the molecule is CO[C@@H](C)[C@H](C)NC(=O)NCCc1ccc(C)nc1. The zero-order valence-electron chi connectivity index (χ0n) is 12.1. The molecule has 2 atom stereocenters. The van der Waals surface area contributed by atoms with E-state index in [1.165, 1.54) is 0 Å². The molecule has 0 radical (unpaired) electrons. The van der Waals surface area contributed by atoms with Crippen LogP contribution >= 0.6 is 0 Å². The van der Waals surface area contributed by atoms with Crippen molar-refractivity contribution in [2.45, 2.75) is 39.3 Å². The van der Waals surface area contributed by atoms with E-state index in [-0.39, 0.29) is 18.2 Å². The zero-order chi connectivity index (χ0) is 14.3. The van der Waals surface area contributed by atoms with Crippen LogP contribution in [-0.4, -0.2) is 36.8 Å². The van der Waals surface area contributed by atoms with Crippen LogP contribution in [0.5, 0.6) is 0 Å². The number of aromatic nitrogens is 1. The predicted octanol–water partition coefficient (Wildman–Crippen LogP) is 1.66. The van der Waals surface area contributed by atoms with Crippen molar-refractivity contribution in [1.29, 1.82) is 0 Å². The summed E-state index contributed by atoms with van der Waals surface area (Å²) in [5.74, 6) is 0. The number of nitrogens with one attached hydrogen (secondary N) is 2. The third kappa shape index (κ3) is 5.70. The van der Waals surface area contributed by atoms with Crippen molar-refractivity contribution in [3.63, 3.8) is 0 Å². The average Bonchev–Trinajstić information content (AvgIpc) is 2.40. The molecular weight excluding hydrogens is 242 g/mol. The highest BCUT2D eigenvalue weighted by Gasteiger charge is 2.13. The van der Waals surface area contributed by atoms with Gasteiger partial charge in [0.15, 0.2) is 0 Å². The molecule has 0 aromatic carbocycles. The number of hydrogen-bond donors (Lipinski definition) is 2. The molecule has 0 fully saturated rings. The Morgan fingerprint density at radius 3 is 2.74 bits per heavy atom. The maximum Gasteiger partial charge on any atom is 0.315 e. The van der Waals surface area contributed by atoms with Gasteiger partial charge < -0.3 is 15.4 Å². The van der Waals surface area contributed by atoms with E-state index in [1.807, 2.05) is 39.1 Å². The monoisotopic (exact) mass is 265 g/mol. The Hall–Kier alpha value is -1.62. The van der Waals surface area contributed by atoms with Crippen LogP contribution in [0.15, 0.2) is 18.3 Å². The largest absolute Gasteiger partial charge is 0.380 e. The molecule has 0 aliphatic rings. The van der Waals surface area contributed by atoms with Crippen LogP contribution in [0.4, 0.5) is 4.79 Å². The van der Waals surface area contributed by atoms with E-state index < -0.39 is 0 Å². The van der Waals surface area contributed by atoms with Crippen LogP contribution in [0.3, 0.4) is 0 Å². The molecular formula is C14H23N3O2. The van der Waals surface area contributed by atoms with Crippen LogP contribution in [0.1, 0.15) is 25.1 Å². The van der Waals surface area contributed by atoms with Crippen molar-refractivity contribution < 1.29 is 9.53 Å². The summed E-state index contributed by atoms with van der Waals surface area (Å²) in [6.07, 6.45) is 2.60. The van der Waals surface area contributed by atoms with E-state index in [4.69, 9.17) is 4.74 Å². The number of urea groups is 1. The number of carbonyl (C=O) groups is 1. The Morgan fingerprint density at radius 1 is 1.42 bits per heavy atom. The average molecular weight is 265 g/mol. The molecule has 0 unspecified atom stereocenters. The first-order chi connectivity index (χ1) is 9.02. The summed E-state index contributed by atoms with van der Waals surface area (Å²) in [6.45, 7) is 6.37. The molecule has 5 nitrogen and oxygen atoms in total. The standard InChI is InChI=1S/C14H23N3O2/c1-10-5-6-13(9-16-10)7-8-15-14(18)17-11(2)12(3)19-4/h5-6,9,11-12H,7-8H2,1-4H3,(H2,15,17,18)/t11-,12-/m0/s1. The van der Waals surface area contributed by atoms with Gasteiger partial charge in [0.05, 0.1) is 12.1 Å². The lowest BCUT2D eigenvalue weighted by atomic mass is 10.2. The minimum absolute atomic E-state index is 0.00736. The Labute approximate surface area is 114 Å². The van der Waals surface area contributed by atoms with E-state index in [0.717, 1.165) is 17.7 Å². The lowest BCUT2D eigenvalue weighted by Gasteiger charge is -2.20. The number of pyridine rings is 1. The lowest BCUT2D eigenvalue weighted by Crippen LogP contribution is -2.46. The van der Waals surface area contributed by atoms with Gasteiger partial charge in [-0.15, -0.1) is 0 Å². The van der Waals surface area contributed by atoms with Crippen molar-refractivity contribution in [1.82, 2.24) is 15.6 Å². The highest BCUT2D eigenvalue weighted by molar-refractivity contribution is 5.74.